The Labute approximate surface area is 165 Å². The largest absolute Gasteiger partial charge is 0.401 e. The topological polar surface area (TPSA) is 75.9 Å². The molecule has 1 aromatic heterocycles. The molecular weight excluding hydrogens is 346 g/mol. The van der Waals surface area contributed by atoms with Crippen LogP contribution in [-0.2, 0) is 0 Å². The lowest BCUT2D eigenvalue weighted by Crippen LogP contribution is -2.16. The number of aryl methyl sites for hydroxylation is 1. The van der Waals surface area contributed by atoms with Crippen molar-refractivity contribution in [3.8, 4) is 11.1 Å². The highest BCUT2D eigenvalue weighted by Crippen LogP contribution is 2.35. The minimum atomic E-state index is 0.173. The van der Waals surface area contributed by atoms with Crippen molar-refractivity contribution in [2.45, 2.75) is 26.3 Å². The lowest BCUT2D eigenvalue weighted by Gasteiger charge is -2.21. The number of nitrogens with zero attached hydrogens (tertiary/aromatic N) is 2. The Bertz CT molecular complexity index is 989. The third kappa shape index (κ3) is 3.69. The summed E-state index contributed by atoms with van der Waals surface area (Å²) in [7, 11) is 0. The van der Waals surface area contributed by atoms with Crippen LogP contribution in [0.4, 0.5) is 5.69 Å². The van der Waals surface area contributed by atoms with Crippen molar-refractivity contribution in [1.29, 1.82) is 0 Å². The second-order valence-corrected chi connectivity index (χ2v) is 7.27. The number of rotatable bonds is 3. The molecule has 1 aliphatic heterocycles. The number of hydrogen-bond acceptors (Lipinski definition) is 5. The van der Waals surface area contributed by atoms with E-state index in [1.807, 2.05) is 19.3 Å². The van der Waals surface area contributed by atoms with Crippen molar-refractivity contribution in [1.82, 2.24) is 15.3 Å². The van der Waals surface area contributed by atoms with Crippen LogP contribution in [0.3, 0.4) is 0 Å². The first-order chi connectivity index (χ1) is 13.6. The van der Waals surface area contributed by atoms with Crippen LogP contribution in [0, 0.1) is 6.92 Å². The predicted octanol–water partition coefficient (Wildman–Crippen LogP) is 4.25. The molecule has 2 aromatic carbocycles. The number of hydrogen-bond donors (Lipinski definition) is 3. The van der Waals surface area contributed by atoms with Crippen molar-refractivity contribution >= 4 is 11.4 Å². The zero-order chi connectivity index (χ0) is 19.5. The minimum absolute atomic E-state index is 0.173. The Kier molecular flexibility index (Phi) is 4.98. The second-order valence-electron chi connectivity index (χ2n) is 7.27. The molecule has 0 aliphatic carbocycles. The van der Waals surface area contributed by atoms with E-state index >= 15 is 0 Å². The fraction of sp³-hybridized carbons (Fsp3) is 0.217. The Balaban J connectivity index is 1.79. The van der Waals surface area contributed by atoms with Crippen LogP contribution in [-0.4, -0.2) is 16.5 Å². The summed E-state index contributed by atoms with van der Waals surface area (Å²) in [5, 5.41) is 7.22. The van der Waals surface area contributed by atoms with Gasteiger partial charge >= 0.3 is 0 Å². The summed E-state index contributed by atoms with van der Waals surface area (Å²) in [6.07, 6.45) is 6.19. The van der Waals surface area contributed by atoms with E-state index in [0.717, 1.165) is 46.7 Å². The molecule has 0 amide bonds. The maximum atomic E-state index is 6.19. The summed E-state index contributed by atoms with van der Waals surface area (Å²) in [6, 6.07) is 15.2. The van der Waals surface area contributed by atoms with Crippen molar-refractivity contribution in [2.75, 3.05) is 11.9 Å². The predicted molar refractivity (Wildman–Crippen MR) is 114 cm³/mol. The number of anilines is 1. The van der Waals surface area contributed by atoms with Gasteiger partial charge < -0.3 is 16.4 Å². The molecule has 0 bridgehead atoms. The Hall–Kier alpha value is -3.34. The molecule has 0 saturated carbocycles. The Morgan fingerprint density at radius 3 is 2.54 bits per heavy atom. The molecule has 3 aromatic rings. The summed E-state index contributed by atoms with van der Waals surface area (Å²) in [6.45, 7) is 4.90. The van der Waals surface area contributed by atoms with E-state index in [1.54, 1.807) is 6.33 Å². The molecule has 4 N–H and O–H groups in total. The van der Waals surface area contributed by atoms with E-state index in [2.05, 4.69) is 70.0 Å². The smallest absolute Gasteiger partial charge is 0.115 e. The number of benzene rings is 2. The van der Waals surface area contributed by atoms with Crippen molar-refractivity contribution < 1.29 is 0 Å². The van der Waals surface area contributed by atoms with Gasteiger partial charge in [0, 0.05) is 41.4 Å². The average molecular weight is 371 g/mol. The zero-order valence-corrected chi connectivity index (χ0v) is 16.2. The van der Waals surface area contributed by atoms with Gasteiger partial charge in [0.05, 0.1) is 11.7 Å². The number of nitrogens with two attached hydrogens (primary N) is 1. The van der Waals surface area contributed by atoms with Gasteiger partial charge in [0.2, 0.25) is 0 Å². The number of fused-ring (bicyclic) bond motifs is 1. The van der Waals surface area contributed by atoms with Crippen LogP contribution in [0.15, 0.2) is 66.9 Å². The highest BCUT2D eigenvalue weighted by Gasteiger charge is 2.23. The number of aromatic nitrogens is 2. The van der Waals surface area contributed by atoms with Gasteiger partial charge in [-0.15, -0.1) is 0 Å². The molecule has 1 unspecified atom stereocenters. The quantitative estimate of drug-likeness (QED) is 0.642. The number of allylic oxidation sites excluding steroid dienone is 1. The molecule has 0 spiro atoms. The number of nitrogens with one attached hydrogen (secondary N) is 2. The van der Waals surface area contributed by atoms with Crippen LogP contribution in [0.1, 0.15) is 36.1 Å². The molecule has 2 heterocycles. The van der Waals surface area contributed by atoms with Gasteiger partial charge in [0.25, 0.3) is 0 Å². The molecule has 0 radical (unpaired) electrons. The molecule has 28 heavy (non-hydrogen) atoms. The normalized spacial score (nSPS) is 17.9. The van der Waals surface area contributed by atoms with Gasteiger partial charge in [0.15, 0.2) is 0 Å². The van der Waals surface area contributed by atoms with Crippen molar-refractivity contribution in [3.05, 3.63) is 83.6 Å². The monoisotopic (exact) mass is 371 g/mol. The van der Waals surface area contributed by atoms with E-state index in [-0.39, 0.29) is 6.04 Å². The highest BCUT2D eigenvalue weighted by atomic mass is 15.0. The third-order valence-electron chi connectivity index (χ3n) is 5.11. The molecule has 1 aliphatic rings. The van der Waals surface area contributed by atoms with Crippen LogP contribution < -0.4 is 16.4 Å². The minimum Gasteiger partial charge on any atom is -0.401 e. The van der Waals surface area contributed by atoms with Crippen molar-refractivity contribution in [2.24, 2.45) is 5.73 Å². The fourth-order valence-electron chi connectivity index (χ4n) is 3.65. The highest BCUT2D eigenvalue weighted by molar-refractivity contribution is 5.74. The third-order valence-corrected chi connectivity index (χ3v) is 5.11. The SMILES string of the molecule is C/C(N)=C1/NCCC(Nc2ccc(C)cc2)c2cc(-c3cncnc3)ccc21. The lowest BCUT2D eigenvalue weighted by molar-refractivity contribution is 0.683. The maximum absolute atomic E-state index is 6.19. The molecule has 4 rings (SSSR count). The van der Waals surface area contributed by atoms with Crippen LogP contribution in [0.5, 0.6) is 0 Å². The van der Waals surface area contributed by atoms with Crippen LogP contribution in [0.25, 0.3) is 16.8 Å². The lowest BCUT2D eigenvalue weighted by atomic mass is 9.93. The van der Waals surface area contributed by atoms with E-state index in [1.165, 1.54) is 11.1 Å². The molecule has 1 atom stereocenters. The van der Waals surface area contributed by atoms with E-state index in [0.29, 0.717) is 0 Å². The first-order valence-electron chi connectivity index (χ1n) is 9.55. The molecule has 142 valence electrons. The van der Waals surface area contributed by atoms with Gasteiger partial charge in [-0.1, -0.05) is 29.8 Å². The second kappa shape index (κ2) is 7.72. The van der Waals surface area contributed by atoms with Gasteiger partial charge in [-0.3, -0.25) is 0 Å². The van der Waals surface area contributed by atoms with Crippen LogP contribution in [0.2, 0.25) is 0 Å². The summed E-state index contributed by atoms with van der Waals surface area (Å²) in [4.78, 5) is 8.32. The molecule has 5 nitrogen and oxygen atoms in total. The first-order valence-corrected chi connectivity index (χ1v) is 9.55. The molecule has 0 fully saturated rings. The van der Waals surface area contributed by atoms with E-state index < -0.39 is 0 Å². The summed E-state index contributed by atoms with van der Waals surface area (Å²) >= 11 is 0. The van der Waals surface area contributed by atoms with Gasteiger partial charge in [-0.05, 0) is 49.6 Å². The standard InChI is InChI=1S/C23H25N5/c1-15-3-6-19(7-4-15)28-22-9-10-27-23(16(2)24)20-8-5-17(11-21(20)22)18-12-25-14-26-13-18/h3-8,11-14,22,27-28H,9-10,24H2,1-2H3/b23-16-. The van der Waals surface area contributed by atoms with E-state index in [4.69, 9.17) is 5.73 Å². The molecule has 0 saturated heterocycles. The summed E-state index contributed by atoms with van der Waals surface area (Å²) < 4.78 is 0. The van der Waals surface area contributed by atoms with Gasteiger partial charge in [-0.2, -0.15) is 0 Å². The summed E-state index contributed by atoms with van der Waals surface area (Å²) in [5.41, 5.74) is 14.9. The van der Waals surface area contributed by atoms with Crippen molar-refractivity contribution in [3.63, 3.8) is 0 Å². The molecule has 5 heteroatoms. The fourth-order valence-corrected chi connectivity index (χ4v) is 3.65. The maximum Gasteiger partial charge on any atom is 0.115 e. The van der Waals surface area contributed by atoms with Gasteiger partial charge in [-0.25, -0.2) is 9.97 Å². The first kappa shape index (κ1) is 18.0. The van der Waals surface area contributed by atoms with E-state index in [9.17, 15) is 0 Å². The molecular formula is C23H25N5. The van der Waals surface area contributed by atoms with Crippen LogP contribution >= 0.6 is 0 Å². The Morgan fingerprint density at radius 2 is 1.82 bits per heavy atom. The summed E-state index contributed by atoms with van der Waals surface area (Å²) in [5.74, 6) is 0. The zero-order valence-electron chi connectivity index (χ0n) is 16.2. The average Bonchev–Trinajstić information content (AvgIpc) is 2.89. The van der Waals surface area contributed by atoms with Gasteiger partial charge in [0.1, 0.15) is 6.33 Å². The Morgan fingerprint density at radius 1 is 1.07 bits per heavy atom.